The monoisotopic (exact) mass is 513 g/mol. The van der Waals surface area contributed by atoms with Crippen LogP contribution in [0.5, 0.6) is 11.5 Å². The molecule has 0 atom stereocenters. The Morgan fingerprint density at radius 2 is 1.82 bits per heavy atom. The molecule has 0 amide bonds. The van der Waals surface area contributed by atoms with E-state index >= 15 is 0 Å². The summed E-state index contributed by atoms with van der Waals surface area (Å²) in [6, 6.07) is 12.5. The minimum Gasteiger partial charge on any atom is -0.490 e. The first-order valence-electron chi connectivity index (χ1n) is 9.17. The number of ether oxygens (including phenoxy) is 2. The number of thioether (sulfide) groups is 1. The average Bonchev–Trinajstić information content (AvgIpc) is 2.94. The highest BCUT2D eigenvalue weighted by Crippen LogP contribution is 2.33. The molecule has 0 aliphatic carbocycles. The van der Waals surface area contributed by atoms with Crippen LogP contribution in [-0.2, 0) is 13.1 Å². The molecule has 0 bridgehead atoms. The van der Waals surface area contributed by atoms with Crippen LogP contribution in [-0.4, -0.2) is 32.5 Å². The average molecular weight is 513 g/mol. The Balaban J connectivity index is 0.00000280. The van der Waals surface area contributed by atoms with E-state index in [1.165, 1.54) is 16.0 Å². The van der Waals surface area contributed by atoms with E-state index in [9.17, 15) is 0 Å². The highest BCUT2D eigenvalue weighted by Gasteiger charge is 2.14. The van der Waals surface area contributed by atoms with E-state index in [-0.39, 0.29) is 24.0 Å². The van der Waals surface area contributed by atoms with E-state index < -0.39 is 0 Å². The number of fused-ring (bicyclic) bond motifs is 1. The molecule has 0 fully saturated rings. The van der Waals surface area contributed by atoms with Crippen LogP contribution in [0.1, 0.15) is 23.1 Å². The molecular weight excluding hydrogens is 485 g/mol. The SMILES string of the molecule is CN=C(NCc1ccc(C)cc1SC)NCc1cccc2c1OCCCO2.I. The highest BCUT2D eigenvalue weighted by molar-refractivity contribution is 14.0. The van der Waals surface area contributed by atoms with Gasteiger partial charge in [0.25, 0.3) is 0 Å². The van der Waals surface area contributed by atoms with Gasteiger partial charge in [-0.1, -0.05) is 24.3 Å². The molecule has 2 aromatic carbocycles. The second kappa shape index (κ2) is 11.4. The fourth-order valence-electron chi connectivity index (χ4n) is 2.97. The third kappa shape index (κ3) is 5.94. The zero-order valence-electron chi connectivity index (χ0n) is 16.6. The first kappa shape index (κ1) is 22.7. The van der Waals surface area contributed by atoms with Gasteiger partial charge in [-0.05, 0) is 36.4 Å². The molecule has 0 radical (unpaired) electrons. The van der Waals surface area contributed by atoms with Crippen molar-refractivity contribution < 1.29 is 9.47 Å². The minimum absolute atomic E-state index is 0. The second-order valence-electron chi connectivity index (χ2n) is 6.39. The van der Waals surface area contributed by atoms with E-state index in [2.05, 4.69) is 53.1 Å². The number of hydrogen-bond acceptors (Lipinski definition) is 4. The van der Waals surface area contributed by atoms with Crippen LogP contribution in [0.25, 0.3) is 0 Å². The zero-order valence-corrected chi connectivity index (χ0v) is 19.7. The van der Waals surface area contributed by atoms with E-state index in [4.69, 9.17) is 9.47 Å². The molecule has 2 aromatic rings. The maximum atomic E-state index is 5.89. The Bertz CT molecular complexity index is 814. The Kier molecular flexibility index (Phi) is 9.24. The normalized spacial score (nSPS) is 13.3. The van der Waals surface area contributed by atoms with Gasteiger partial charge in [0, 0.05) is 37.0 Å². The molecule has 3 rings (SSSR count). The Labute approximate surface area is 188 Å². The fraction of sp³-hybridized carbons (Fsp3) is 0.381. The lowest BCUT2D eigenvalue weighted by Gasteiger charge is -2.16. The number of hydrogen-bond donors (Lipinski definition) is 2. The first-order valence-corrected chi connectivity index (χ1v) is 10.4. The molecule has 0 aromatic heterocycles. The van der Waals surface area contributed by atoms with Gasteiger partial charge in [0.05, 0.1) is 13.2 Å². The molecule has 2 N–H and O–H groups in total. The van der Waals surface area contributed by atoms with Crippen molar-refractivity contribution in [3.63, 3.8) is 0 Å². The van der Waals surface area contributed by atoms with Crippen LogP contribution in [0.15, 0.2) is 46.3 Å². The topological polar surface area (TPSA) is 54.9 Å². The van der Waals surface area contributed by atoms with Crippen molar-refractivity contribution in [2.75, 3.05) is 26.5 Å². The Hall–Kier alpha value is -1.61. The van der Waals surface area contributed by atoms with Crippen molar-refractivity contribution in [2.45, 2.75) is 31.3 Å². The van der Waals surface area contributed by atoms with Gasteiger partial charge in [0.2, 0.25) is 0 Å². The lowest BCUT2D eigenvalue weighted by atomic mass is 10.1. The van der Waals surface area contributed by atoms with Crippen molar-refractivity contribution in [3.8, 4) is 11.5 Å². The molecule has 28 heavy (non-hydrogen) atoms. The third-order valence-corrected chi connectivity index (χ3v) is 5.23. The molecule has 7 heteroatoms. The lowest BCUT2D eigenvalue weighted by Crippen LogP contribution is -2.36. The summed E-state index contributed by atoms with van der Waals surface area (Å²) in [5.74, 6) is 2.41. The van der Waals surface area contributed by atoms with Crippen molar-refractivity contribution in [2.24, 2.45) is 4.99 Å². The number of benzene rings is 2. The van der Waals surface area contributed by atoms with Gasteiger partial charge in [-0.3, -0.25) is 4.99 Å². The molecular formula is C21H28IN3O2S. The highest BCUT2D eigenvalue weighted by atomic mass is 127. The predicted octanol–water partition coefficient (Wildman–Crippen LogP) is 4.36. The first-order chi connectivity index (χ1) is 13.2. The number of guanidine groups is 1. The number of nitrogens with one attached hydrogen (secondary N) is 2. The molecule has 5 nitrogen and oxygen atoms in total. The fourth-order valence-corrected chi connectivity index (χ4v) is 3.68. The quantitative estimate of drug-likeness (QED) is 0.269. The maximum absolute atomic E-state index is 5.89. The summed E-state index contributed by atoms with van der Waals surface area (Å²) in [7, 11) is 1.78. The van der Waals surface area contributed by atoms with E-state index in [0.29, 0.717) is 19.8 Å². The number of rotatable bonds is 5. The van der Waals surface area contributed by atoms with Gasteiger partial charge < -0.3 is 20.1 Å². The van der Waals surface area contributed by atoms with Crippen LogP contribution < -0.4 is 20.1 Å². The van der Waals surface area contributed by atoms with Gasteiger partial charge in [-0.25, -0.2) is 0 Å². The summed E-state index contributed by atoms with van der Waals surface area (Å²) < 4.78 is 11.7. The van der Waals surface area contributed by atoms with Crippen LogP contribution in [0, 0.1) is 6.92 Å². The van der Waals surface area contributed by atoms with Crippen LogP contribution >= 0.6 is 35.7 Å². The molecule has 0 unspecified atom stereocenters. The number of halogens is 1. The number of aryl methyl sites for hydroxylation is 1. The van der Waals surface area contributed by atoms with Gasteiger partial charge in [-0.15, -0.1) is 35.7 Å². The largest absolute Gasteiger partial charge is 0.490 e. The minimum atomic E-state index is 0. The molecule has 0 saturated carbocycles. The van der Waals surface area contributed by atoms with Crippen LogP contribution in [0.4, 0.5) is 0 Å². The van der Waals surface area contributed by atoms with E-state index in [1.807, 2.05) is 12.1 Å². The number of para-hydroxylation sites is 1. The summed E-state index contributed by atoms with van der Waals surface area (Å²) in [5, 5.41) is 6.77. The summed E-state index contributed by atoms with van der Waals surface area (Å²) in [6.45, 7) is 4.84. The summed E-state index contributed by atoms with van der Waals surface area (Å²) >= 11 is 1.77. The summed E-state index contributed by atoms with van der Waals surface area (Å²) in [6.07, 6.45) is 3.01. The lowest BCUT2D eigenvalue weighted by molar-refractivity contribution is 0.296. The number of aliphatic imine (C=N–C) groups is 1. The van der Waals surface area contributed by atoms with E-state index in [1.54, 1.807) is 18.8 Å². The van der Waals surface area contributed by atoms with Gasteiger partial charge in [0.15, 0.2) is 17.5 Å². The number of nitrogens with zero attached hydrogens (tertiary/aromatic N) is 1. The molecule has 1 heterocycles. The maximum Gasteiger partial charge on any atom is 0.191 e. The van der Waals surface area contributed by atoms with Crippen molar-refractivity contribution in [3.05, 3.63) is 53.1 Å². The van der Waals surface area contributed by atoms with Crippen LogP contribution in [0.2, 0.25) is 0 Å². The van der Waals surface area contributed by atoms with Crippen molar-refractivity contribution >= 4 is 41.7 Å². The van der Waals surface area contributed by atoms with Gasteiger partial charge in [-0.2, -0.15) is 0 Å². The van der Waals surface area contributed by atoms with Crippen molar-refractivity contribution in [1.29, 1.82) is 0 Å². The Morgan fingerprint density at radius 1 is 1.07 bits per heavy atom. The standard InChI is InChI=1S/C21H27N3O2S.HI/c1-15-8-9-16(19(12-15)27-3)13-23-21(22-2)24-14-17-6-4-7-18-20(17)26-11-5-10-25-18;/h4,6-9,12H,5,10-11,13-14H2,1-3H3,(H2,22,23,24);1H. The summed E-state index contributed by atoms with van der Waals surface area (Å²) in [5.41, 5.74) is 3.61. The molecule has 0 spiro atoms. The molecule has 1 aliphatic heterocycles. The smallest absolute Gasteiger partial charge is 0.191 e. The van der Waals surface area contributed by atoms with Gasteiger partial charge in [0.1, 0.15) is 0 Å². The van der Waals surface area contributed by atoms with Crippen LogP contribution in [0.3, 0.4) is 0 Å². The molecule has 0 saturated heterocycles. The third-order valence-electron chi connectivity index (χ3n) is 4.41. The van der Waals surface area contributed by atoms with Gasteiger partial charge >= 0.3 is 0 Å². The predicted molar refractivity (Wildman–Crippen MR) is 127 cm³/mol. The van der Waals surface area contributed by atoms with E-state index in [0.717, 1.165) is 36.0 Å². The molecule has 1 aliphatic rings. The molecule has 152 valence electrons. The summed E-state index contributed by atoms with van der Waals surface area (Å²) in [4.78, 5) is 5.63. The second-order valence-corrected chi connectivity index (χ2v) is 7.24. The van der Waals surface area contributed by atoms with Crippen molar-refractivity contribution in [1.82, 2.24) is 10.6 Å². The Morgan fingerprint density at radius 3 is 2.57 bits per heavy atom. The zero-order chi connectivity index (χ0) is 19.1.